The summed E-state index contributed by atoms with van der Waals surface area (Å²) in [6.07, 6.45) is 2.15. The van der Waals surface area contributed by atoms with Crippen LogP contribution in [0.2, 0.25) is 0 Å². The number of ether oxygens (including phenoxy) is 3. The first-order chi connectivity index (χ1) is 20.6. The Morgan fingerprint density at radius 1 is 1.14 bits per heavy atom. The molecule has 11 heteroatoms. The third-order valence-corrected chi connectivity index (χ3v) is 8.75. The Bertz CT molecular complexity index is 1580. The van der Waals surface area contributed by atoms with E-state index < -0.39 is 29.0 Å². The molecular formula is C33H42F2N4O5. The highest BCUT2D eigenvalue weighted by molar-refractivity contribution is 5.95. The van der Waals surface area contributed by atoms with Crippen LogP contribution in [0.1, 0.15) is 79.7 Å². The maximum atomic E-state index is 14.3. The molecule has 0 bridgehead atoms. The van der Waals surface area contributed by atoms with E-state index in [0.29, 0.717) is 37.5 Å². The fraction of sp³-hybridized carbons (Fsp3) is 0.545. The van der Waals surface area contributed by atoms with E-state index in [2.05, 4.69) is 9.88 Å². The minimum absolute atomic E-state index is 0.133. The summed E-state index contributed by atoms with van der Waals surface area (Å²) in [5.41, 5.74) is 2.39. The molecule has 1 atom stereocenters. The van der Waals surface area contributed by atoms with Crippen molar-refractivity contribution in [1.29, 1.82) is 0 Å². The molecule has 1 saturated carbocycles. The number of hydrogen-bond acceptors (Lipinski definition) is 8. The number of esters is 1. The summed E-state index contributed by atoms with van der Waals surface area (Å²) in [6.45, 7) is 8.44. The van der Waals surface area contributed by atoms with Crippen LogP contribution >= 0.6 is 0 Å². The number of likely N-dealkylation sites (tertiary alicyclic amines) is 1. The lowest BCUT2D eigenvalue weighted by Crippen LogP contribution is -2.53. The van der Waals surface area contributed by atoms with Gasteiger partial charge in [0.1, 0.15) is 17.2 Å². The van der Waals surface area contributed by atoms with E-state index in [1.807, 2.05) is 64.9 Å². The van der Waals surface area contributed by atoms with Crippen LogP contribution in [-0.4, -0.2) is 72.9 Å². The van der Waals surface area contributed by atoms with E-state index in [9.17, 15) is 18.4 Å². The highest BCUT2D eigenvalue weighted by atomic mass is 19.3. The molecule has 3 aromatic rings. The second-order valence-electron chi connectivity index (χ2n) is 13.4. The molecule has 1 aliphatic carbocycles. The van der Waals surface area contributed by atoms with Crippen molar-refractivity contribution in [2.75, 3.05) is 39.8 Å². The lowest BCUT2D eigenvalue weighted by atomic mass is 9.59. The number of methoxy groups -OCH3 is 2. The molecule has 2 fully saturated rings. The minimum atomic E-state index is -2.65. The van der Waals surface area contributed by atoms with E-state index in [1.165, 1.54) is 11.7 Å². The molecule has 1 unspecified atom stereocenters. The highest BCUT2D eigenvalue weighted by Gasteiger charge is 2.58. The van der Waals surface area contributed by atoms with Gasteiger partial charge in [0.15, 0.2) is 5.69 Å². The van der Waals surface area contributed by atoms with Crippen molar-refractivity contribution in [1.82, 2.24) is 14.5 Å². The van der Waals surface area contributed by atoms with Gasteiger partial charge in [0.05, 0.1) is 19.7 Å². The molecule has 238 valence electrons. The number of fused-ring (bicyclic) bond motifs is 1. The number of piperidine rings is 1. The molecule has 44 heavy (non-hydrogen) atoms. The number of pyridine rings is 1. The quantitative estimate of drug-likeness (QED) is 0.283. The van der Waals surface area contributed by atoms with Gasteiger partial charge in [-0.15, -0.1) is 0 Å². The van der Waals surface area contributed by atoms with Crippen molar-refractivity contribution in [3.8, 4) is 5.75 Å². The lowest BCUT2D eigenvalue weighted by molar-refractivity contribution is -0.186. The van der Waals surface area contributed by atoms with E-state index in [-0.39, 0.29) is 24.6 Å². The smallest absolute Gasteiger partial charge is 0.419 e. The molecule has 0 amide bonds. The summed E-state index contributed by atoms with van der Waals surface area (Å²) < 4.78 is 46.5. The van der Waals surface area contributed by atoms with Crippen LogP contribution < -0.4 is 9.64 Å². The molecule has 1 aromatic carbocycles. The van der Waals surface area contributed by atoms with Gasteiger partial charge < -0.3 is 19.1 Å². The summed E-state index contributed by atoms with van der Waals surface area (Å²) in [5.74, 6) is -1.93. The number of carbonyl (C=O) groups is 2. The topological polar surface area (TPSA) is 86.1 Å². The van der Waals surface area contributed by atoms with Gasteiger partial charge in [-0.3, -0.25) is 9.47 Å². The van der Waals surface area contributed by atoms with Gasteiger partial charge in [-0.2, -0.15) is 0 Å². The first kappa shape index (κ1) is 31.7. The largest absolute Gasteiger partial charge is 0.496 e. The van der Waals surface area contributed by atoms with Crippen LogP contribution in [0, 0.1) is 12.3 Å². The van der Waals surface area contributed by atoms with Gasteiger partial charge in [0.25, 0.3) is 0 Å². The molecule has 1 saturated heterocycles. The number of hydrogen-bond donors (Lipinski definition) is 0. The van der Waals surface area contributed by atoms with E-state index in [1.54, 1.807) is 19.4 Å². The predicted molar refractivity (Wildman–Crippen MR) is 164 cm³/mol. The second-order valence-corrected chi connectivity index (χ2v) is 13.4. The molecular weight excluding hydrogens is 570 g/mol. The number of anilines is 1. The van der Waals surface area contributed by atoms with Crippen molar-refractivity contribution in [2.45, 2.75) is 77.5 Å². The first-order valence-electron chi connectivity index (χ1n) is 14.9. The molecule has 2 aliphatic rings. The highest BCUT2D eigenvalue weighted by Crippen LogP contribution is 2.61. The van der Waals surface area contributed by atoms with E-state index in [4.69, 9.17) is 14.2 Å². The predicted octanol–water partition coefficient (Wildman–Crippen LogP) is 6.74. The summed E-state index contributed by atoms with van der Waals surface area (Å²) >= 11 is 0. The third-order valence-electron chi connectivity index (χ3n) is 8.75. The van der Waals surface area contributed by atoms with Crippen LogP contribution in [0.5, 0.6) is 5.75 Å². The Morgan fingerprint density at radius 3 is 2.43 bits per heavy atom. The van der Waals surface area contributed by atoms with Gasteiger partial charge in [0.2, 0.25) is 5.92 Å². The first-order valence-corrected chi connectivity index (χ1v) is 14.9. The fourth-order valence-corrected chi connectivity index (χ4v) is 6.91. The second kappa shape index (κ2) is 11.3. The maximum Gasteiger partial charge on any atom is 0.419 e. The standard InChI is InChI=1S/C33H42F2N4O5/c1-20-15-26(42-7)23(21-11-13-39(27(20)21)30(41)44-31(2,3)4)17-38-14-12-32(18-33(34,35)19-32)16-25(38)22-9-10-24(29(40)43-8)36-28(22)37(5)6/h9-11,13,15,25H,12,14,16-19H2,1-8H3. The Labute approximate surface area is 257 Å². The Balaban J connectivity index is 1.59. The average molecular weight is 613 g/mol. The Kier molecular flexibility index (Phi) is 8.15. The van der Waals surface area contributed by atoms with Gasteiger partial charge in [-0.25, -0.2) is 23.4 Å². The van der Waals surface area contributed by atoms with Crippen LogP contribution in [0.3, 0.4) is 0 Å². The van der Waals surface area contributed by atoms with Crippen molar-refractivity contribution >= 4 is 28.8 Å². The number of benzene rings is 1. The van der Waals surface area contributed by atoms with Crippen molar-refractivity contribution in [3.63, 3.8) is 0 Å². The molecule has 3 heterocycles. The molecule has 9 nitrogen and oxygen atoms in total. The summed E-state index contributed by atoms with van der Waals surface area (Å²) in [6, 6.07) is 7.06. The molecule has 2 aromatic heterocycles. The normalized spacial score (nSPS) is 19.5. The van der Waals surface area contributed by atoms with Gasteiger partial charge in [0, 0.05) is 62.2 Å². The molecule has 1 spiro atoms. The number of alkyl halides is 2. The number of aryl methyl sites for hydroxylation is 1. The van der Waals surface area contributed by atoms with Crippen LogP contribution in [0.15, 0.2) is 30.5 Å². The summed E-state index contributed by atoms with van der Waals surface area (Å²) in [5, 5.41) is 0.855. The third kappa shape index (κ3) is 5.98. The lowest BCUT2D eigenvalue weighted by Gasteiger charge is -2.55. The van der Waals surface area contributed by atoms with Gasteiger partial charge in [-0.05, 0) is 76.3 Å². The number of nitrogens with zero attached hydrogens (tertiary/aromatic N) is 4. The van der Waals surface area contributed by atoms with Crippen LogP contribution in [-0.2, 0) is 16.0 Å². The molecule has 1 aliphatic heterocycles. The number of halogens is 2. The summed E-state index contributed by atoms with van der Waals surface area (Å²) in [7, 11) is 6.62. The zero-order chi connectivity index (χ0) is 32.2. The van der Waals surface area contributed by atoms with Crippen LogP contribution in [0.25, 0.3) is 10.9 Å². The maximum absolute atomic E-state index is 14.3. The van der Waals surface area contributed by atoms with Crippen LogP contribution in [0.4, 0.5) is 19.4 Å². The van der Waals surface area contributed by atoms with Crippen molar-refractivity contribution in [3.05, 3.63) is 52.8 Å². The minimum Gasteiger partial charge on any atom is -0.496 e. The Hall–Kier alpha value is -3.73. The molecule has 5 rings (SSSR count). The SMILES string of the molecule is COC(=O)c1ccc(C2CC3(CCN2Cc2c(OC)cc(C)c4c2ccn4C(=O)OC(C)(C)C)CC(F)(F)C3)c(N(C)C)n1. The van der Waals surface area contributed by atoms with E-state index >= 15 is 0 Å². The average Bonchev–Trinajstić information content (AvgIpc) is 3.39. The van der Waals surface area contributed by atoms with E-state index in [0.717, 1.165) is 27.6 Å². The number of carbonyl (C=O) groups excluding carboxylic acids is 2. The number of rotatable bonds is 6. The van der Waals surface area contributed by atoms with Gasteiger partial charge >= 0.3 is 12.1 Å². The van der Waals surface area contributed by atoms with Crippen molar-refractivity contribution < 1.29 is 32.6 Å². The van der Waals surface area contributed by atoms with Crippen molar-refractivity contribution in [2.24, 2.45) is 5.41 Å². The zero-order valence-electron chi connectivity index (χ0n) is 26.8. The summed E-state index contributed by atoms with van der Waals surface area (Å²) in [4.78, 5) is 34.2. The number of aromatic nitrogens is 2. The monoisotopic (exact) mass is 612 g/mol. The molecule has 0 N–H and O–H groups in total. The molecule has 0 radical (unpaired) electrons. The van der Waals surface area contributed by atoms with Gasteiger partial charge in [-0.1, -0.05) is 6.07 Å². The fourth-order valence-electron chi connectivity index (χ4n) is 6.91. The zero-order valence-corrected chi connectivity index (χ0v) is 26.8. The Morgan fingerprint density at radius 2 is 1.84 bits per heavy atom.